The van der Waals surface area contributed by atoms with E-state index in [9.17, 15) is 8.78 Å². The van der Waals surface area contributed by atoms with E-state index in [1.165, 1.54) is 0 Å². The standard InChI is InChI=1S/C4H4F2N2O2/c5-2-1-7-8-3(9)4(2,6)10/h1,3,9-10H. The van der Waals surface area contributed by atoms with Crippen LogP contribution >= 0.6 is 0 Å². The zero-order valence-electron chi connectivity index (χ0n) is 4.70. The van der Waals surface area contributed by atoms with Gasteiger partial charge in [-0.25, -0.2) is 4.39 Å². The molecule has 4 nitrogen and oxygen atoms in total. The lowest BCUT2D eigenvalue weighted by atomic mass is 10.2. The quantitative estimate of drug-likeness (QED) is 0.519. The number of aliphatic hydroxyl groups excluding tert-OH is 1. The van der Waals surface area contributed by atoms with Gasteiger partial charge in [0.2, 0.25) is 6.23 Å². The number of rotatable bonds is 0. The first-order valence-corrected chi connectivity index (χ1v) is 2.40. The molecule has 10 heavy (non-hydrogen) atoms. The number of alkyl halides is 1. The van der Waals surface area contributed by atoms with Gasteiger partial charge in [-0.05, 0) is 0 Å². The van der Waals surface area contributed by atoms with E-state index in [0.29, 0.717) is 6.20 Å². The van der Waals surface area contributed by atoms with Crippen molar-refractivity contribution in [2.75, 3.05) is 0 Å². The summed E-state index contributed by atoms with van der Waals surface area (Å²) in [4.78, 5) is 0. The second-order valence-corrected chi connectivity index (χ2v) is 1.76. The van der Waals surface area contributed by atoms with Crippen LogP contribution in [0.2, 0.25) is 0 Å². The molecule has 1 rings (SSSR count). The van der Waals surface area contributed by atoms with Gasteiger partial charge in [-0.15, -0.1) is 0 Å². The maximum atomic E-state index is 12.4. The van der Waals surface area contributed by atoms with Gasteiger partial charge in [0, 0.05) is 0 Å². The number of azo groups is 1. The number of nitrogens with zero attached hydrogens (tertiary/aromatic N) is 2. The lowest BCUT2D eigenvalue weighted by Crippen LogP contribution is -2.38. The van der Waals surface area contributed by atoms with Gasteiger partial charge in [0.1, 0.15) is 0 Å². The van der Waals surface area contributed by atoms with Gasteiger partial charge in [-0.2, -0.15) is 14.6 Å². The van der Waals surface area contributed by atoms with E-state index in [1.807, 2.05) is 0 Å². The average Bonchev–Trinajstić information content (AvgIpc) is 1.84. The molecule has 1 aliphatic rings. The Labute approximate surface area is 54.5 Å². The zero-order chi connectivity index (χ0) is 7.78. The van der Waals surface area contributed by atoms with Crippen molar-refractivity contribution < 1.29 is 19.0 Å². The van der Waals surface area contributed by atoms with Gasteiger partial charge in [-0.1, -0.05) is 0 Å². The fraction of sp³-hybridized carbons (Fsp3) is 0.500. The molecule has 0 saturated carbocycles. The third kappa shape index (κ3) is 0.910. The van der Waals surface area contributed by atoms with E-state index in [4.69, 9.17) is 10.2 Å². The Morgan fingerprint density at radius 3 is 2.70 bits per heavy atom. The molecule has 0 aliphatic carbocycles. The second-order valence-electron chi connectivity index (χ2n) is 1.76. The molecule has 6 heteroatoms. The number of aliphatic hydroxyl groups is 2. The van der Waals surface area contributed by atoms with Crippen molar-refractivity contribution >= 4 is 0 Å². The van der Waals surface area contributed by atoms with Crippen molar-refractivity contribution in [1.29, 1.82) is 0 Å². The summed E-state index contributed by atoms with van der Waals surface area (Å²) >= 11 is 0. The van der Waals surface area contributed by atoms with Crippen LogP contribution in [0.4, 0.5) is 8.78 Å². The topological polar surface area (TPSA) is 65.2 Å². The molecule has 2 N–H and O–H groups in total. The van der Waals surface area contributed by atoms with Crippen LogP contribution in [0.3, 0.4) is 0 Å². The van der Waals surface area contributed by atoms with Crippen molar-refractivity contribution in [3.8, 4) is 0 Å². The molecule has 0 aromatic heterocycles. The van der Waals surface area contributed by atoms with Gasteiger partial charge in [-0.3, -0.25) is 0 Å². The Bertz CT molecular complexity index is 201. The zero-order valence-corrected chi connectivity index (χ0v) is 4.70. The summed E-state index contributed by atoms with van der Waals surface area (Å²) in [6, 6.07) is 0. The van der Waals surface area contributed by atoms with Crippen molar-refractivity contribution in [2.24, 2.45) is 10.2 Å². The molecule has 2 atom stereocenters. The highest BCUT2D eigenvalue weighted by atomic mass is 19.2. The first kappa shape index (κ1) is 7.23. The number of halogens is 2. The molecule has 56 valence electrons. The van der Waals surface area contributed by atoms with E-state index in [-0.39, 0.29) is 0 Å². The highest BCUT2D eigenvalue weighted by Gasteiger charge is 2.43. The van der Waals surface area contributed by atoms with E-state index in [0.717, 1.165) is 0 Å². The summed E-state index contributed by atoms with van der Waals surface area (Å²) in [5.41, 5.74) is 0. The molecule has 0 aromatic rings. The second kappa shape index (κ2) is 2.06. The molecule has 0 radical (unpaired) electrons. The van der Waals surface area contributed by atoms with E-state index < -0.39 is 17.9 Å². The van der Waals surface area contributed by atoms with Crippen LogP contribution in [0.25, 0.3) is 0 Å². The van der Waals surface area contributed by atoms with E-state index >= 15 is 0 Å². The minimum atomic E-state index is -3.41. The maximum Gasteiger partial charge on any atom is 0.309 e. The molecule has 0 saturated heterocycles. The molecule has 0 fully saturated rings. The highest BCUT2D eigenvalue weighted by Crippen LogP contribution is 2.28. The molecule has 1 heterocycles. The van der Waals surface area contributed by atoms with Crippen LogP contribution in [-0.2, 0) is 0 Å². The summed E-state index contributed by atoms with van der Waals surface area (Å²) in [7, 11) is 0. The van der Waals surface area contributed by atoms with Crippen molar-refractivity contribution in [3.05, 3.63) is 12.0 Å². The molecule has 0 spiro atoms. The molecular formula is C4H4F2N2O2. The Morgan fingerprint density at radius 2 is 2.30 bits per heavy atom. The van der Waals surface area contributed by atoms with E-state index in [1.54, 1.807) is 0 Å². The molecule has 1 aliphatic heterocycles. The van der Waals surface area contributed by atoms with Gasteiger partial charge in [0.25, 0.3) is 0 Å². The molecular weight excluding hydrogens is 146 g/mol. The first-order valence-electron chi connectivity index (χ1n) is 2.40. The minimum absolute atomic E-state index is 0.396. The number of hydrogen-bond donors (Lipinski definition) is 2. The predicted molar refractivity (Wildman–Crippen MR) is 26.1 cm³/mol. The fourth-order valence-corrected chi connectivity index (χ4v) is 0.438. The van der Waals surface area contributed by atoms with Crippen molar-refractivity contribution in [2.45, 2.75) is 12.1 Å². The maximum absolute atomic E-state index is 12.4. The average molecular weight is 150 g/mol. The minimum Gasteiger partial charge on any atom is -0.365 e. The first-order chi connectivity index (χ1) is 4.55. The summed E-state index contributed by atoms with van der Waals surface area (Å²) in [6.45, 7) is 0. The van der Waals surface area contributed by atoms with Gasteiger partial charge >= 0.3 is 5.85 Å². The van der Waals surface area contributed by atoms with E-state index in [2.05, 4.69) is 10.2 Å². The van der Waals surface area contributed by atoms with Crippen LogP contribution in [0, 0.1) is 0 Å². The largest absolute Gasteiger partial charge is 0.365 e. The monoisotopic (exact) mass is 150 g/mol. The SMILES string of the molecule is OC1N=NC=C(F)C1(O)F. The Kier molecular flexibility index (Phi) is 1.49. The van der Waals surface area contributed by atoms with Crippen LogP contribution in [0.5, 0.6) is 0 Å². The third-order valence-electron chi connectivity index (χ3n) is 1.02. The molecule has 0 aromatic carbocycles. The third-order valence-corrected chi connectivity index (χ3v) is 1.02. The summed E-state index contributed by atoms with van der Waals surface area (Å²) in [5, 5.41) is 22.5. The van der Waals surface area contributed by atoms with Crippen LogP contribution in [0.1, 0.15) is 0 Å². The lowest BCUT2D eigenvalue weighted by molar-refractivity contribution is -0.154. The normalized spacial score (nSPS) is 39.6. The predicted octanol–water partition coefficient (Wildman–Crippen LogP) is 0.240. The Balaban J connectivity index is 2.93. The summed E-state index contributed by atoms with van der Waals surface area (Å²) in [6.07, 6.45) is -1.77. The van der Waals surface area contributed by atoms with Gasteiger partial charge < -0.3 is 10.2 Å². The summed E-state index contributed by atoms with van der Waals surface area (Å²) < 4.78 is 24.5. The molecule has 0 bridgehead atoms. The Hall–Kier alpha value is -0.880. The summed E-state index contributed by atoms with van der Waals surface area (Å²) in [5.74, 6) is -4.96. The van der Waals surface area contributed by atoms with Crippen molar-refractivity contribution in [3.63, 3.8) is 0 Å². The van der Waals surface area contributed by atoms with Crippen LogP contribution in [0.15, 0.2) is 22.3 Å². The fourth-order valence-electron chi connectivity index (χ4n) is 0.438. The van der Waals surface area contributed by atoms with Crippen molar-refractivity contribution in [1.82, 2.24) is 0 Å². The number of hydrogen-bond acceptors (Lipinski definition) is 4. The highest BCUT2D eigenvalue weighted by molar-refractivity contribution is 5.07. The Morgan fingerprint density at radius 1 is 1.70 bits per heavy atom. The van der Waals surface area contributed by atoms with Crippen LogP contribution < -0.4 is 0 Å². The molecule has 0 amide bonds. The molecule has 2 unspecified atom stereocenters. The van der Waals surface area contributed by atoms with Crippen LogP contribution in [-0.4, -0.2) is 22.3 Å². The lowest BCUT2D eigenvalue weighted by Gasteiger charge is -2.20. The van der Waals surface area contributed by atoms with Gasteiger partial charge in [0.15, 0.2) is 5.83 Å². The smallest absolute Gasteiger partial charge is 0.309 e. The van der Waals surface area contributed by atoms with Gasteiger partial charge in [0.05, 0.1) is 6.20 Å².